The van der Waals surface area contributed by atoms with Crippen LogP contribution < -0.4 is 5.32 Å². The molecular weight excluding hydrogens is 182 g/mol. The molecule has 0 aromatic carbocycles. The van der Waals surface area contributed by atoms with Crippen LogP contribution in [0, 0.1) is 5.41 Å². The van der Waals surface area contributed by atoms with Crippen LogP contribution in [0.15, 0.2) is 11.6 Å². The van der Waals surface area contributed by atoms with Gasteiger partial charge in [-0.25, -0.2) is 0 Å². The standard InChI is InChI=1S/C11H20ClN/c1-10(12)8-13-9-11(2)6-4-3-5-7-11/h13H,1,3-9H2,2H3. The van der Waals surface area contributed by atoms with Crippen molar-refractivity contribution in [2.45, 2.75) is 39.0 Å². The Balaban J connectivity index is 2.21. The Morgan fingerprint density at radius 1 is 1.38 bits per heavy atom. The summed E-state index contributed by atoms with van der Waals surface area (Å²) in [6, 6.07) is 0. The molecule has 1 nitrogen and oxygen atoms in total. The van der Waals surface area contributed by atoms with Crippen LogP contribution in [0.25, 0.3) is 0 Å². The van der Waals surface area contributed by atoms with Crippen molar-refractivity contribution in [2.24, 2.45) is 5.41 Å². The zero-order valence-corrected chi connectivity index (χ0v) is 9.29. The van der Waals surface area contributed by atoms with Gasteiger partial charge in [0.25, 0.3) is 0 Å². The van der Waals surface area contributed by atoms with Gasteiger partial charge in [-0.15, -0.1) is 0 Å². The van der Waals surface area contributed by atoms with Gasteiger partial charge < -0.3 is 5.32 Å². The fraction of sp³-hybridized carbons (Fsp3) is 0.818. The minimum Gasteiger partial charge on any atom is -0.311 e. The van der Waals surface area contributed by atoms with Crippen LogP contribution in [0.3, 0.4) is 0 Å². The summed E-state index contributed by atoms with van der Waals surface area (Å²) in [5, 5.41) is 4.07. The van der Waals surface area contributed by atoms with E-state index in [0.29, 0.717) is 10.4 Å². The Morgan fingerprint density at radius 2 is 2.00 bits per heavy atom. The first kappa shape index (κ1) is 11.1. The van der Waals surface area contributed by atoms with E-state index in [1.54, 1.807) is 0 Å². The molecule has 0 atom stereocenters. The van der Waals surface area contributed by atoms with Crippen molar-refractivity contribution in [2.75, 3.05) is 13.1 Å². The second kappa shape index (κ2) is 5.02. The average Bonchev–Trinajstić information content (AvgIpc) is 2.04. The third-order valence-electron chi connectivity index (χ3n) is 2.93. The first-order chi connectivity index (χ1) is 6.12. The summed E-state index contributed by atoms with van der Waals surface area (Å²) in [4.78, 5) is 0. The van der Waals surface area contributed by atoms with Crippen LogP contribution in [0.5, 0.6) is 0 Å². The van der Waals surface area contributed by atoms with Gasteiger partial charge >= 0.3 is 0 Å². The summed E-state index contributed by atoms with van der Waals surface area (Å²) in [5.74, 6) is 0. The van der Waals surface area contributed by atoms with Crippen LogP contribution in [-0.4, -0.2) is 13.1 Å². The first-order valence-electron chi connectivity index (χ1n) is 5.16. The van der Waals surface area contributed by atoms with Gasteiger partial charge in [0.2, 0.25) is 0 Å². The molecule has 2 heteroatoms. The Hall–Kier alpha value is -0.0100. The van der Waals surface area contributed by atoms with E-state index in [1.165, 1.54) is 32.1 Å². The number of rotatable bonds is 4. The molecule has 0 aromatic heterocycles. The molecule has 1 saturated carbocycles. The summed E-state index contributed by atoms with van der Waals surface area (Å²) >= 11 is 5.68. The average molecular weight is 202 g/mol. The monoisotopic (exact) mass is 201 g/mol. The molecule has 0 radical (unpaired) electrons. The van der Waals surface area contributed by atoms with Crippen LogP contribution in [0.1, 0.15) is 39.0 Å². The lowest BCUT2D eigenvalue weighted by atomic mass is 9.76. The van der Waals surface area contributed by atoms with Crippen LogP contribution >= 0.6 is 11.6 Å². The lowest BCUT2D eigenvalue weighted by Gasteiger charge is -2.33. The second-order valence-electron chi connectivity index (χ2n) is 4.49. The van der Waals surface area contributed by atoms with Crippen molar-refractivity contribution >= 4 is 11.6 Å². The summed E-state index contributed by atoms with van der Waals surface area (Å²) in [7, 11) is 0. The highest BCUT2D eigenvalue weighted by Crippen LogP contribution is 2.34. The quantitative estimate of drug-likeness (QED) is 0.736. The SMILES string of the molecule is C=C(Cl)CNCC1(C)CCCCC1. The minimum absolute atomic E-state index is 0.505. The minimum atomic E-state index is 0.505. The van der Waals surface area contributed by atoms with Gasteiger partial charge in [0.1, 0.15) is 0 Å². The Morgan fingerprint density at radius 3 is 2.54 bits per heavy atom. The second-order valence-corrected chi connectivity index (χ2v) is 5.03. The fourth-order valence-corrected chi connectivity index (χ4v) is 2.18. The van der Waals surface area contributed by atoms with Gasteiger partial charge in [-0.05, 0) is 18.3 Å². The molecule has 76 valence electrons. The topological polar surface area (TPSA) is 12.0 Å². The molecule has 0 aromatic rings. The van der Waals surface area contributed by atoms with Gasteiger partial charge in [0.05, 0.1) is 0 Å². The molecule has 0 spiro atoms. The van der Waals surface area contributed by atoms with E-state index >= 15 is 0 Å². The van der Waals surface area contributed by atoms with E-state index in [0.717, 1.165) is 13.1 Å². The molecular formula is C11H20ClN. The lowest BCUT2D eigenvalue weighted by Crippen LogP contribution is -2.34. The van der Waals surface area contributed by atoms with Crippen molar-refractivity contribution in [1.29, 1.82) is 0 Å². The van der Waals surface area contributed by atoms with Crippen molar-refractivity contribution < 1.29 is 0 Å². The van der Waals surface area contributed by atoms with Crippen LogP contribution in [-0.2, 0) is 0 Å². The maximum atomic E-state index is 5.68. The lowest BCUT2D eigenvalue weighted by molar-refractivity contribution is 0.210. The number of hydrogen-bond acceptors (Lipinski definition) is 1. The normalized spacial score (nSPS) is 21.4. The summed E-state index contributed by atoms with van der Waals surface area (Å²) in [6.45, 7) is 7.86. The molecule has 0 heterocycles. The molecule has 13 heavy (non-hydrogen) atoms. The molecule has 0 aliphatic heterocycles. The van der Waals surface area contributed by atoms with E-state index in [2.05, 4.69) is 18.8 Å². The molecule has 1 aliphatic carbocycles. The number of halogens is 1. The molecule has 0 bridgehead atoms. The highest BCUT2D eigenvalue weighted by molar-refractivity contribution is 6.29. The maximum Gasteiger partial charge on any atom is 0.0307 e. The molecule has 1 aliphatic rings. The van der Waals surface area contributed by atoms with Crippen LogP contribution in [0.4, 0.5) is 0 Å². The van der Waals surface area contributed by atoms with E-state index in [9.17, 15) is 0 Å². The Kier molecular flexibility index (Phi) is 4.27. The Labute approximate surface area is 86.5 Å². The van der Waals surface area contributed by atoms with E-state index in [-0.39, 0.29) is 0 Å². The third-order valence-corrected chi connectivity index (χ3v) is 3.06. The largest absolute Gasteiger partial charge is 0.311 e. The summed E-state index contributed by atoms with van der Waals surface area (Å²) in [6.07, 6.45) is 6.90. The Bertz CT molecular complexity index is 171. The number of nitrogens with one attached hydrogen (secondary N) is 1. The van der Waals surface area contributed by atoms with Crippen LogP contribution in [0.2, 0.25) is 0 Å². The third kappa shape index (κ3) is 4.15. The predicted molar refractivity (Wildman–Crippen MR) is 59.1 cm³/mol. The van der Waals surface area contributed by atoms with Gasteiger partial charge in [-0.3, -0.25) is 0 Å². The molecule has 0 saturated heterocycles. The van der Waals surface area contributed by atoms with Crippen molar-refractivity contribution in [3.8, 4) is 0 Å². The molecule has 0 amide bonds. The van der Waals surface area contributed by atoms with E-state index in [4.69, 9.17) is 11.6 Å². The summed E-state index contributed by atoms with van der Waals surface area (Å²) in [5.41, 5.74) is 0.505. The zero-order valence-electron chi connectivity index (χ0n) is 8.53. The van der Waals surface area contributed by atoms with Gasteiger partial charge in [0.15, 0.2) is 0 Å². The van der Waals surface area contributed by atoms with Crippen molar-refractivity contribution in [3.63, 3.8) is 0 Å². The van der Waals surface area contributed by atoms with Gasteiger partial charge in [0, 0.05) is 18.1 Å². The van der Waals surface area contributed by atoms with Crippen molar-refractivity contribution in [1.82, 2.24) is 5.32 Å². The zero-order chi connectivity index (χ0) is 9.73. The van der Waals surface area contributed by atoms with E-state index < -0.39 is 0 Å². The highest BCUT2D eigenvalue weighted by Gasteiger charge is 2.25. The molecule has 0 unspecified atom stereocenters. The van der Waals surface area contributed by atoms with Gasteiger partial charge in [-0.2, -0.15) is 0 Å². The molecule has 1 rings (SSSR count). The number of hydrogen-bond donors (Lipinski definition) is 1. The summed E-state index contributed by atoms with van der Waals surface area (Å²) < 4.78 is 0. The van der Waals surface area contributed by atoms with E-state index in [1.807, 2.05) is 0 Å². The smallest absolute Gasteiger partial charge is 0.0307 e. The fourth-order valence-electron chi connectivity index (χ4n) is 2.08. The molecule has 1 N–H and O–H groups in total. The van der Waals surface area contributed by atoms with Crippen molar-refractivity contribution in [3.05, 3.63) is 11.6 Å². The predicted octanol–water partition coefficient (Wildman–Crippen LogP) is 3.30. The van der Waals surface area contributed by atoms with Gasteiger partial charge in [-0.1, -0.05) is 44.4 Å². The maximum absolute atomic E-state index is 5.68. The first-order valence-corrected chi connectivity index (χ1v) is 5.54. The molecule has 1 fully saturated rings. The highest BCUT2D eigenvalue weighted by atomic mass is 35.5.